The second-order valence-corrected chi connectivity index (χ2v) is 9.91. The van der Waals surface area contributed by atoms with Crippen molar-refractivity contribution in [3.8, 4) is 5.75 Å². The van der Waals surface area contributed by atoms with Gasteiger partial charge in [-0.2, -0.15) is 0 Å². The second kappa shape index (κ2) is 11.4. The number of halogens is 1. The average Bonchev–Trinajstić information content (AvgIpc) is 2.80. The van der Waals surface area contributed by atoms with Gasteiger partial charge in [0, 0.05) is 16.7 Å². The van der Waals surface area contributed by atoms with E-state index in [1.807, 2.05) is 37.3 Å². The maximum atomic E-state index is 12.6. The Hall–Kier alpha value is -2.79. The van der Waals surface area contributed by atoms with Crippen molar-refractivity contribution in [2.45, 2.75) is 18.4 Å². The normalized spacial score (nSPS) is 11.0. The van der Waals surface area contributed by atoms with E-state index in [0.717, 1.165) is 10.0 Å². The lowest BCUT2D eigenvalue weighted by Crippen LogP contribution is -2.34. The summed E-state index contributed by atoms with van der Waals surface area (Å²) in [6, 6.07) is 20.4. The minimum atomic E-state index is -3.67. The molecule has 0 unspecified atom stereocenters. The minimum absolute atomic E-state index is 0.0697. The first-order chi connectivity index (χ1) is 15.8. The molecule has 1 amide bonds. The number of ether oxygens (including phenoxy) is 1. The van der Waals surface area contributed by atoms with Crippen LogP contribution in [0.2, 0.25) is 0 Å². The number of sulfonamides is 1. The van der Waals surface area contributed by atoms with Crippen LogP contribution >= 0.6 is 28.1 Å². The molecule has 0 radical (unpaired) electrons. The van der Waals surface area contributed by atoms with Crippen molar-refractivity contribution < 1.29 is 17.9 Å². The number of nitrogens with one attached hydrogen (secondary N) is 3. The van der Waals surface area contributed by atoms with Crippen LogP contribution < -0.4 is 20.1 Å². The number of hydrogen-bond donors (Lipinski definition) is 3. The number of anilines is 1. The third-order valence-electron chi connectivity index (χ3n) is 4.44. The van der Waals surface area contributed by atoms with Crippen LogP contribution in [0.4, 0.5) is 5.69 Å². The summed E-state index contributed by atoms with van der Waals surface area (Å²) in [6.45, 7) is 2.44. The number of rotatable bonds is 8. The van der Waals surface area contributed by atoms with Crippen molar-refractivity contribution in [3.63, 3.8) is 0 Å². The average molecular weight is 548 g/mol. The summed E-state index contributed by atoms with van der Waals surface area (Å²) in [7, 11) is -3.67. The van der Waals surface area contributed by atoms with Gasteiger partial charge >= 0.3 is 0 Å². The van der Waals surface area contributed by atoms with Gasteiger partial charge in [-0.15, -0.1) is 0 Å². The molecule has 172 valence electrons. The van der Waals surface area contributed by atoms with Gasteiger partial charge in [0.1, 0.15) is 5.75 Å². The Kier molecular flexibility index (Phi) is 8.56. The van der Waals surface area contributed by atoms with Crippen molar-refractivity contribution >= 4 is 54.9 Å². The van der Waals surface area contributed by atoms with Crippen molar-refractivity contribution in [2.24, 2.45) is 0 Å². The monoisotopic (exact) mass is 547 g/mol. The standard InChI is InChI=1S/C23H22BrN3O4S2/c1-2-31-21-13-8-17(24)14-20(21)22(28)27-23(32)26-18-9-11-19(12-10-18)33(29,30)25-15-16-6-4-3-5-7-16/h3-14,25H,2,15H2,1H3,(H2,26,27,28,32). The van der Waals surface area contributed by atoms with Gasteiger partial charge in [0.15, 0.2) is 5.11 Å². The van der Waals surface area contributed by atoms with E-state index in [4.69, 9.17) is 17.0 Å². The summed E-state index contributed by atoms with van der Waals surface area (Å²) < 4.78 is 33.8. The van der Waals surface area contributed by atoms with Crippen LogP contribution in [0.1, 0.15) is 22.8 Å². The van der Waals surface area contributed by atoms with Crippen molar-refractivity contribution in [2.75, 3.05) is 11.9 Å². The summed E-state index contributed by atoms with van der Waals surface area (Å²) in [5, 5.41) is 5.55. The number of benzene rings is 3. The second-order valence-electron chi connectivity index (χ2n) is 6.82. The number of amides is 1. The van der Waals surface area contributed by atoms with E-state index in [0.29, 0.717) is 23.6 Å². The summed E-state index contributed by atoms with van der Waals surface area (Å²) in [6.07, 6.45) is 0. The molecule has 0 aliphatic carbocycles. The largest absolute Gasteiger partial charge is 0.493 e. The molecule has 7 nitrogen and oxygen atoms in total. The molecule has 0 aromatic heterocycles. The molecular weight excluding hydrogens is 526 g/mol. The highest BCUT2D eigenvalue weighted by Crippen LogP contribution is 2.23. The molecule has 3 rings (SSSR count). The lowest BCUT2D eigenvalue weighted by Gasteiger charge is -2.13. The summed E-state index contributed by atoms with van der Waals surface area (Å²) >= 11 is 8.57. The third-order valence-corrected chi connectivity index (χ3v) is 6.56. The van der Waals surface area contributed by atoms with Crippen LogP contribution in [0, 0.1) is 0 Å². The highest BCUT2D eigenvalue weighted by molar-refractivity contribution is 9.10. The molecule has 0 saturated carbocycles. The molecule has 0 aliphatic heterocycles. The van der Waals surface area contributed by atoms with Gasteiger partial charge in [-0.3, -0.25) is 10.1 Å². The lowest BCUT2D eigenvalue weighted by atomic mass is 10.2. The Morgan fingerprint density at radius 3 is 2.39 bits per heavy atom. The van der Waals surface area contributed by atoms with Crippen LogP contribution in [-0.2, 0) is 16.6 Å². The zero-order chi connectivity index (χ0) is 23.8. The predicted molar refractivity (Wildman–Crippen MR) is 136 cm³/mol. The van der Waals surface area contributed by atoms with Crippen molar-refractivity contribution in [3.05, 3.63) is 88.4 Å². The number of carbonyl (C=O) groups is 1. The van der Waals surface area contributed by atoms with Crippen LogP contribution in [0.15, 0.2) is 82.2 Å². The van der Waals surface area contributed by atoms with E-state index in [2.05, 4.69) is 31.3 Å². The van der Waals surface area contributed by atoms with Gasteiger partial charge in [-0.25, -0.2) is 13.1 Å². The zero-order valence-corrected chi connectivity index (χ0v) is 20.9. The maximum Gasteiger partial charge on any atom is 0.261 e. The molecule has 3 aromatic carbocycles. The van der Waals surface area contributed by atoms with Crippen LogP contribution in [-0.4, -0.2) is 26.0 Å². The van der Waals surface area contributed by atoms with Gasteiger partial charge < -0.3 is 10.1 Å². The Balaban J connectivity index is 1.61. The van der Waals surface area contributed by atoms with Crippen LogP contribution in [0.3, 0.4) is 0 Å². The van der Waals surface area contributed by atoms with E-state index < -0.39 is 15.9 Å². The van der Waals surface area contributed by atoms with Gasteiger partial charge in [0.2, 0.25) is 10.0 Å². The lowest BCUT2D eigenvalue weighted by molar-refractivity contribution is 0.0974. The molecule has 0 aliphatic rings. The number of thiocarbonyl (C=S) groups is 1. The molecule has 33 heavy (non-hydrogen) atoms. The fraction of sp³-hybridized carbons (Fsp3) is 0.130. The first kappa shape index (κ1) is 24.8. The van der Waals surface area contributed by atoms with Gasteiger partial charge in [-0.1, -0.05) is 46.3 Å². The highest BCUT2D eigenvalue weighted by atomic mass is 79.9. The van der Waals surface area contributed by atoms with Crippen molar-refractivity contribution in [1.29, 1.82) is 0 Å². The molecule has 0 saturated heterocycles. The molecule has 0 bridgehead atoms. The Bertz CT molecular complexity index is 1230. The zero-order valence-electron chi connectivity index (χ0n) is 17.7. The van der Waals surface area contributed by atoms with E-state index in [9.17, 15) is 13.2 Å². The quantitative estimate of drug-likeness (QED) is 0.360. The molecule has 0 heterocycles. The first-order valence-corrected chi connectivity index (χ1v) is 12.7. The SMILES string of the molecule is CCOc1ccc(Br)cc1C(=O)NC(=S)Nc1ccc(S(=O)(=O)NCc2ccccc2)cc1. The van der Waals surface area contributed by atoms with E-state index in [1.165, 1.54) is 12.1 Å². The Morgan fingerprint density at radius 2 is 1.73 bits per heavy atom. The molecule has 3 N–H and O–H groups in total. The fourth-order valence-electron chi connectivity index (χ4n) is 2.87. The maximum absolute atomic E-state index is 12.6. The first-order valence-electron chi connectivity index (χ1n) is 9.97. The molecule has 10 heteroatoms. The van der Waals surface area contributed by atoms with Gasteiger partial charge in [0.05, 0.1) is 17.1 Å². The molecule has 0 atom stereocenters. The van der Waals surface area contributed by atoms with E-state index in [1.54, 1.807) is 30.3 Å². The molecular formula is C23H22BrN3O4S2. The van der Waals surface area contributed by atoms with E-state index in [-0.39, 0.29) is 16.6 Å². The molecule has 0 spiro atoms. The topological polar surface area (TPSA) is 96.5 Å². The van der Waals surface area contributed by atoms with Crippen molar-refractivity contribution in [1.82, 2.24) is 10.0 Å². The van der Waals surface area contributed by atoms with E-state index >= 15 is 0 Å². The van der Waals surface area contributed by atoms with Crippen LogP contribution in [0.25, 0.3) is 0 Å². The fourth-order valence-corrected chi connectivity index (χ4v) is 4.46. The molecule has 0 fully saturated rings. The van der Waals surface area contributed by atoms with Gasteiger partial charge in [0.25, 0.3) is 5.91 Å². The summed E-state index contributed by atoms with van der Waals surface area (Å²) in [4.78, 5) is 12.8. The summed E-state index contributed by atoms with van der Waals surface area (Å²) in [5.74, 6) is 0.0140. The molecule has 3 aromatic rings. The minimum Gasteiger partial charge on any atom is -0.493 e. The smallest absolute Gasteiger partial charge is 0.261 e. The van der Waals surface area contributed by atoms with Gasteiger partial charge in [-0.05, 0) is 67.2 Å². The Labute approximate surface area is 206 Å². The number of hydrogen-bond acceptors (Lipinski definition) is 5. The Morgan fingerprint density at radius 1 is 1.03 bits per heavy atom. The highest BCUT2D eigenvalue weighted by Gasteiger charge is 2.16. The number of carbonyl (C=O) groups excluding carboxylic acids is 1. The predicted octanol–water partition coefficient (Wildman–Crippen LogP) is 4.45. The van der Waals surface area contributed by atoms with Crippen LogP contribution in [0.5, 0.6) is 5.75 Å². The summed E-state index contributed by atoms with van der Waals surface area (Å²) in [5.41, 5.74) is 1.72. The third kappa shape index (κ3) is 7.10.